The van der Waals surface area contributed by atoms with Gasteiger partial charge in [-0.25, -0.2) is 13.4 Å². The van der Waals surface area contributed by atoms with E-state index in [0.29, 0.717) is 24.8 Å². The van der Waals surface area contributed by atoms with Crippen LogP contribution < -0.4 is 9.62 Å². The number of hydrogen-bond acceptors (Lipinski definition) is 6. The Bertz CT molecular complexity index is 1430. The third-order valence-electron chi connectivity index (χ3n) is 6.48. The maximum Gasteiger partial charge on any atom is 0.263 e. The minimum Gasteiger partial charge on any atom is -0.368 e. The van der Waals surface area contributed by atoms with Crippen molar-refractivity contribution in [2.24, 2.45) is 0 Å². The molecule has 2 atom stereocenters. The first-order valence-electron chi connectivity index (χ1n) is 11.5. The zero-order valence-corrected chi connectivity index (χ0v) is 21.2. The van der Waals surface area contributed by atoms with E-state index in [-0.39, 0.29) is 22.9 Å². The van der Waals surface area contributed by atoms with Gasteiger partial charge in [0, 0.05) is 54.7 Å². The van der Waals surface area contributed by atoms with Crippen LogP contribution >= 0.6 is 11.3 Å². The van der Waals surface area contributed by atoms with E-state index in [0.717, 1.165) is 16.6 Å². The van der Waals surface area contributed by atoms with Gasteiger partial charge >= 0.3 is 0 Å². The number of aromatic nitrogens is 2. The molecule has 2 aromatic carbocycles. The second-order valence-corrected chi connectivity index (χ2v) is 11.3. The molecule has 1 aliphatic rings. The highest BCUT2D eigenvalue weighted by molar-refractivity contribution is 7.93. The Balaban J connectivity index is 1.25. The van der Waals surface area contributed by atoms with Crippen molar-refractivity contribution in [1.29, 1.82) is 0 Å². The zero-order valence-electron chi connectivity index (χ0n) is 19.5. The number of hydrogen-bond donors (Lipinski definition) is 1. The monoisotopic (exact) mass is 509 g/mol. The van der Waals surface area contributed by atoms with E-state index in [1.807, 2.05) is 59.0 Å². The molecule has 1 fully saturated rings. The van der Waals surface area contributed by atoms with Gasteiger partial charge in [0.05, 0.1) is 4.90 Å². The molecule has 1 N–H and O–H groups in total. The molecule has 35 heavy (non-hydrogen) atoms. The number of para-hydroxylation sites is 1. The Hall–Kier alpha value is -3.37. The second-order valence-electron chi connectivity index (χ2n) is 8.72. The number of carbonyl (C=O) groups is 1. The highest BCUT2D eigenvalue weighted by Gasteiger charge is 2.31. The Kier molecular flexibility index (Phi) is 6.24. The molecule has 3 heterocycles. The maximum absolute atomic E-state index is 13.4. The molecule has 0 spiro atoms. The van der Waals surface area contributed by atoms with Gasteiger partial charge in [-0.3, -0.25) is 9.52 Å². The van der Waals surface area contributed by atoms with Crippen LogP contribution in [0.3, 0.4) is 0 Å². The first-order valence-corrected chi connectivity index (χ1v) is 13.8. The molecule has 1 amide bonds. The van der Waals surface area contributed by atoms with Crippen molar-refractivity contribution < 1.29 is 13.2 Å². The first-order chi connectivity index (χ1) is 16.8. The van der Waals surface area contributed by atoms with Gasteiger partial charge in [0.15, 0.2) is 5.13 Å². The number of sulfonamides is 1. The largest absolute Gasteiger partial charge is 0.368 e. The van der Waals surface area contributed by atoms with E-state index < -0.39 is 10.0 Å². The van der Waals surface area contributed by atoms with Crippen LogP contribution in [0.2, 0.25) is 0 Å². The zero-order chi connectivity index (χ0) is 24.6. The lowest BCUT2D eigenvalue weighted by molar-refractivity contribution is -0.136. The van der Waals surface area contributed by atoms with Gasteiger partial charge < -0.3 is 14.4 Å². The van der Waals surface area contributed by atoms with E-state index in [1.54, 1.807) is 23.7 Å². The minimum absolute atomic E-state index is 0.0236. The lowest BCUT2D eigenvalue weighted by Crippen LogP contribution is -2.55. The summed E-state index contributed by atoms with van der Waals surface area (Å²) in [6.45, 7) is 5.97. The highest BCUT2D eigenvalue weighted by atomic mass is 32.2. The number of nitrogens with one attached hydrogen (secondary N) is 1. The molecular weight excluding hydrogens is 482 g/mol. The Labute approximate surface area is 208 Å². The molecule has 0 aliphatic carbocycles. The van der Waals surface area contributed by atoms with Crippen LogP contribution in [-0.4, -0.2) is 54.5 Å². The molecule has 1 saturated heterocycles. The number of carbonyl (C=O) groups excluding carboxylic acids is 1. The fraction of sp³-hybridized carbons (Fsp3) is 0.280. The summed E-state index contributed by atoms with van der Waals surface area (Å²) in [6, 6.07) is 16.7. The molecule has 0 saturated carbocycles. The third kappa shape index (κ3) is 4.63. The third-order valence-corrected chi connectivity index (χ3v) is 8.65. The van der Waals surface area contributed by atoms with E-state index >= 15 is 0 Å². The summed E-state index contributed by atoms with van der Waals surface area (Å²) in [7, 11) is -3.68. The Morgan fingerprint density at radius 1 is 1.11 bits per heavy atom. The average molecular weight is 510 g/mol. The molecule has 2 aromatic heterocycles. The fourth-order valence-electron chi connectivity index (χ4n) is 4.60. The van der Waals surface area contributed by atoms with Gasteiger partial charge in [-0.15, -0.1) is 11.3 Å². The van der Waals surface area contributed by atoms with Gasteiger partial charge in [-0.1, -0.05) is 18.2 Å². The number of piperazine rings is 1. The van der Waals surface area contributed by atoms with Gasteiger partial charge in [0.2, 0.25) is 5.91 Å². The lowest BCUT2D eigenvalue weighted by Gasteiger charge is -2.42. The molecular formula is C25H27N5O3S2. The summed E-state index contributed by atoms with van der Waals surface area (Å²) >= 11 is 1.23. The number of thiazole rings is 1. The van der Waals surface area contributed by atoms with Gasteiger partial charge in [-0.2, -0.15) is 0 Å². The van der Waals surface area contributed by atoms with Crippen LogP contribution in [0.5, 0.6) is 0 Å². The smallest absolute Gasteiger partial charge is 0.263 e. The van der Waals surface area contributed by atoms with Crippen molar-refractivity contribution in [2.45, 2.75) is 30.8 Å². The summed E-state index contributed by atoms with van der Waals surface area (Å²) in [5.74, 6) is 0.105. The summed E-state index contributed by atoms with van der Waals surface area (Å²) in [6.07, 6.45) is 3.53. The molecule has 10 heteroatoms. The molecule has 5 rings (SSSR count). The number of benzene rings is 2. The Morgan fingerprint density at radius 3 is 2.60 bits per heavy atom. The number of amides is 1. The van der Waals surface area contributed by atoms with Crippen LogP contribution in [0.25, 0.3) is 10.9 Å². The lowest BCUT2D eigenvalue weighted by atomic mass is 10.1. The van der Waals surface area contributed by atoms with Crippen molar-refractivity contribution in [3.8, 4) is 0 Å². The quantitative estimate of drug-likeness (QED) is 0.421. The molecule has 0 radical (unpaired) electrons. The highest BCUT2D eigenvalue weighted by Crippen LogP contribution is 2.26. The molecule has 1 unspecified atom stereocenters. The van der Waals surface area contributed by atoms with Gasteiger partial charge in [-0.05, 0) is 55.6 Å². The van der Waals surface area contributed by atoms with E-state index in [1.165, 1.54) is 11.3 Å². The molecule has 0 bridgehead atoms. The topological polar surface area (TPSA) is 87.5 Å². The van der Waals surface area contributed by atoms with Crippen LogP contribution in [0.15, 0.2) is 77.3 Å². The van der Waals surface area contributed by atoms with Gasteiger partial charge in [0.1, 0.15) is 6.04 Å². The van der Waals surface area contributed by atoms with Crippen molar-refractivity contribution in [3.63, 3.8) is 0 Å². The number of rotatable bonds is 6. The van der Waals surface area contributed by atoms with Crippen LogP contribution in [0.1, 0.15) is 19.9 Å². The summed E-state index contributed by atoms with van der Waals surface area (Å²) < 4.78 is 29.7. The van der Waals surface area contributed by atoms with E-state index in [4.69, 9.17) is 0 Å². The Morgan fingerprint density at radius 2 is 1.89 bits per heavy atom. The SMILES string of the molecule is CC(C(=O)N1CCN(c2ccc(S(=O)(=O)Nc3nccs3)cc2)C[C@@H]1C)n1ccc2ccccc21. The summed E-state index contributed by atoms with van der Waals surface area (Å²) in [4.78, 5) is 21.7. The number of anilines is 2. The van der Waals surface area contributed by atoms with Crippen LogP contribution in [0.4, 0.5) is 10.8 Å². The summed E-state index contributed by atoms with van der Waals surface area (Å²) in [5, 5.41) is 3.18. The van der Waals surface area contributed by atoms with Crippen LogP contribution in [0, 0.1) is 0 Å². The minimum atomic E-state index is -3.68. The number of nitrogens with zero attached hydrogens (tertiary/aromatic N) is 4. The van der Waals surface area contributed by atoms with Gasteiger partial charge in [0.25, 0.3) is 10.0 Å². The standard InChI is InChI=1S/C25H27N5O3S2/c1-18-17-28(21-7-9-22(10-8-21)35(32,33)27-25-26-12-16-34-25)14-15-29(18)24(31)19(2)30-13-11-20-5-3-4-6-23(20)30/h3-13,16,18-19H,14-15,17H2,1-2H3,(H,26,27)/t18-,19?/m0/s1. The first kappa shape index (κ1) is 23.4. The second kappa shape index (κ2) is 9.35. The van der Waals surface area contributed by atoms with Crippen molar-refractivity contribution >= 4 is 49.0 Å². The molecule has 182 valence electrons. The molecule has 8 nitrogen and oxygen atoms in total. The normalized spacial score (nSPS) is 17.5. The number of fused-ring (bicyclic) bond motifs is 1. The van der Waals surface area contributed by atoms with Crippen molar-refractivity contribution in [2.75, 3.05) is 29.3 Å². The van der Waals surface area contributed by atoms with Crippen molar-refractivity contribution in [1.82, 2.24) is 14.5 Å². The fourth-order valence-corrected chi connectivity index (χ4v) is 6.39. The summed E-state index contributed by atoms with van der Waals surface area (Å²) in [5.41, 5.74) is 1.99. The van der Waals surface area contributed by atoms with E-state index in [2.05, 4.69) is 27.6 Å². The van der Waals surface area contributed by atoms with Crippen molar-refractivity contribution in [3.05, 3.63) is 72.4 Å². The van der Waals surface area contributed by atoms with E-state index in [9.17, 15) is 13.2 Å². The average Bonchev–Trinajstić information content (AvgIpc) is 3.53. The maximum atomic E-state index is 13.4. The predicted molar refractivity (Wildman–Crippen MR) is 139 cm³/mol. The molecule has 1 aliphatic heterocycles. The molecule has 4 aromatic rings. The van der Waals surface area contributed by atoms with Crippen LogP contribution in [-0.2, 0) is 14.8 Å². The predicted octanol–water partition coefficient (Wildman–Crippen LogP) is 4.20.